The normalized spacial score (nSPS) is 23.1. The Morgan fingerprint density at radius 3 is 2.52 bits per heavy atom. The number of likely N-dealkylation sites (tertiary alicyclic amines) is 1. The van der Waals surface area contributed by atoms with Crippen LogP contribution in [0.4, 0.5) is 5.69 Å². The molecule has 0 saturated carbocycles. The van der Waals surface area contributed by atoms with Crippen LogP contribution in [0.25, 0.3) is 0 Å². The van der Waals surface area contributed by atoms with E-state index < -0.39 is 0 Å². The van der Waals surface area contributed by atoms with Crippen LogP contribution in [0, 0.1) is 0 Å². The molecule has 1 atom stereocenters. The molecule has 5 heteroatoms. The molecule has 0 aliphatic carbocycles. The Labute approximate surface area is 138 Å². The van der Waals surface area contributed by atoms with E-state index in [0.717, 1.165) is 52.1 Å². The Morgan fingerprint density at radius 2 is 1.83 bits per heavy atom. The van der Waals surface area contributed by atoms with Crippen molar-refractivity contribution in [2.45, 2.75) is 25.4 Å². The number of benzene rings is 1. The van der Waals surface area contributed by atoms with E-state index in [1.807, 2.05) is 11.0 Å². The van der Waals surface area contributed by atoms with E-state index in [2.05, 4.69) is 34.1 Å². The summed E-state index contributed by atoms with van der Waals surface area (Å²) in [6.45, 7) is 6.18. The quantitative estimate of drug-likeness (QED) is 0.906. The van der Waals surface area contributed by atoms with Crippen LogP contribution >= 0.6 is 0 Å². The summed E-state index contributed by atoms with van der Waals surface area (Å²) in [5.41, 5.74) is 1.28. The summed E-state index contributed by atoms with van der Waals surface area (Å²) in [7, 11) is 0. The number of piperidine rings is 1. The maximum absolute atomic E-state index is 12.2. The summed E-state index contributed by atoms with van der Waals surface area (Å²) in [4.78, 5) is 18.9. The van der Waals surface area contributed by atoms with Crippen molar-refractivity contribution in [1.29, 1.82) is 0 Å². The zero-order valence-electron chi connectivity index (χ0n) is 13.7. The third-order valence-corrected chi connectivity index (χ3v) is 4.88. The fourth-order valence-electron chi connectivity index (χ4n) is 3.46. The molecule has 2 heterocycles. The molecule has 2 saturated heterocycles. The molecule has 2 aliphatic rings. The van der Waals surface area contributed by atoms with Crippen LogP contribution in [-0.4, -0.2) is 72.7 Å². The van der Waals surface area contributed by atoms with Gasteiger partial charge >= 0.3 is 0 Å². The molecule has 1 aromatic carbocycles. The molecule has 1 unspecified atom stereocenters. The van der Waals surface area contributed by atoms with Gasteiger partial charge in [-0.15, -0.1) is 0 Å². The average Bonchev–Trinajstić information content (AvgIpc) is 2.61. The number of anilines is 1. The van der Waals surface area contributed by atoms with Crippen molar-refractivity contribution in [3.05, 3.63) is 30.3 Å². The number of nitrogens with zero attached hydrogens (tertiary/aromatic N) is 3. The molecule has 126 valence electrons. The summed E-state index contributed by atoms with van der Waals surface area (Å²) in [5.74, 6) is 0.189. The van der Waals surface area contributed by atoms with Gasteiger partial charge in [-0.1, -0.05) is 18.2 Å². The first kappa shape index (κ1) is 16.3. The lowest BCUT2D eigenvalue weighted by molar-refractivity contribution is -0.134. The zero-order valence-corrected chi connectivity index (χ0v) is 13.7. The fourth-order valence-corrected chi connectivity index (χ4v) is 3.46. The van der Waals surface area contributed by atoms with Crippen LogP contribution in [0.3, 0.4) is 0 Å². The Morgan fingerprint density at radius 1 is 1.09 bits per heavy atom. The number of aliphatic hydroxyl groups excluding tert-OH is 1. The molecule has 1 N–H and O–H groups in total. The van der Waals surface area contributed by atoms with E-state index >= 15 is 0 Å². The van der Waals surface area contributed by atoms with Gasteiger partial charge in [0.15, 0.2) is 0 Å². The van der Waals surface area contributed by atoms with Crippen molar-refractivity contribution in [2.24, 2.45) is 0 Å². The van der Waals surface area contributed by atoms with E-state index in [9.17, 15) is 9.90 Å². The second kappa shape index (κ2) is 7.79. The van der Waals surface area contributed by atoms with Gasteiger partial charge in [0.2, 0.25) is 5.91 Å². The highest BCUT2D eigenvalue weighted by Crippen LogP contribution is 2.16. The van der Waals surface area contributed by atoms with Crippen LogP contribution in [0.15, 0.2) is 30.3 Å². The van der Waals surface area contributed by atoms with Gasteiger partial charge in [0, 0.05) is 57.9 Å². The lowest BCUT2D eigenvalue weighted by Gasteiger charge is -2.36. The average molecular weight is 317 g/mol. The van der Waals surface area contributed by atoms with Gasteiger partial charge in [-0.25, -0.2) is 0 Å². The summed E-state index contributed by atoms with van der Waals surface area (Å²) >= 11 is 0. The first-order valence-electron chi connectivity index (χ1n) is 8.70. The van der Waals surface area contributed by atoms with Gasteiger partial charge in [-0.3, -0.25) is 9.69 Å². The molecular formula is C18H27N3O2. The highest BCUT2D eigenvalue weighted by molar-refractivity contribution is 5.76. The van der Waals surface area contributed by atoms with Crippen LogP contribution in [0.2, 0.25) is 0 Å². The number of para-hydroxylation sites is 1. The van der Waals surface area contributed by atoms with Crippen LogP contribution in [0.5, 0.6) is 0 Å². The molecule has 0 bridgehead atoms. The number of carbonyl (C=O) groups is 1. The number of hydrogen-bond donors (Lipinski definition) is 1. The molecule has 5 nitrogen and oxygen atoms in total. The molecule has 2 fully saturated rings. The Kier molecular flexibility index (Phi) is 5.51. The van der Waals surface area contributed by atoms with Crippen LogP contribution < -0.4 is 4.90 Å². The first-order valence-corrected chi connectivity index (χ1v) is 8.70. The largest absolute Gasteiger partial charge is 0.391 e. The van der Waals surface area contributed by atoms with E-state index in [-0.39, 0.29) is 12.0 Å². The van der Waals surface area contributed by atoms with Crippen molar-refractivity contribution in [3.63, 3.8) is 0 Å². The summed E-state index contributed by atoms with van der Waals surface area (Å²) in [5, 5.41) is 9.67. The number of carbonyl (C=O) groups excluding carboxylic acids is 1. The standard InChI is InChI=1S/C18H27N3O2/c22-17-7-4-9-21(15-17)18(23)8-10-19-11-13-20(14-12-19)16-5-2-1-3-6-16/h1-3,5-6,17,22H,4,7-15H2. The summed E-state index contributed by atoms with van der Waals surface area (Å²) < 4.78 is 0. The highest BCUT2D eigenvalue weighted by Gasteiger charge is 2.23. The second-order valence-electron chi connectivity index (χ2n) is 6.55. The van der Waals surface area contributed by atoms with Crippen molar-refractivity contribution < 1.29 is 9.90 Å². The van der Waals surface area contributed by atoms with E-state index in [1.165, 1.54) is 5.69 Å². The molecule has 2 aliphatic heterocycles. The minimum absolute atomic E-state index is 0.189. The number of amides is 1. The minimum atomic E-state index is -0.331. The third-order valence-electron chi connectivity index (χ3n) is 4.88. The molecule has 1 aromatic rings. The molecule has 0 spiro atoms. The molecule has 0 radical (unpaired) electrons. The topological polar surface area (TPSA) is 47.0 Å². The smallest absolute Gasteiger partial charge is 0.223 e. The number of β-amino-alcohol motifs (C(OH)–C–C–N with tert-alkyl or cyclic N) is 1. The lowest BCUT2D eigenvalue weighted by atomic mass is 10.1. The number of rotatable bonds is 4. The molecule has 0 aromatic heterocycles. The Hall–Kier alpha value is -1.59. The molecule has 1 amide bonds. The van der Waals surface area contributed by atoms with Crippen molar-refractivity contribution >= 4 is 11.6 Å². The maximum atomic E-state index is 12.2. The highest BCUT2D eigenvalue weighted by atomic mass is 16.3. The van der Waals surface area contributed by atoms with Gasteiger partial charge in [-0.2, -0.15) is 0 Å². The summed E-state index contributed by atoms with van der Waals surface area (Å²) in [6, 6.07) is 10.5. The van der Waals surface area contributed by atoms with E-state index in [0.29, 0.717) is 13.0 Å². The zero-order chi connectivity index (χ0) is 16.1. The lowest BCUT2D eigenvalue weighted by Crippen LogP contribution is -2.48. The van der Waals surface area contributed by atoms with Gasteiger partial charge in [0.25, 0.3) is 0 Å². The van der Waals surface area contributed by atoms with Crippen molar-refractivity contribution in [2.75, 3.05) is 50.7 Å². The predicted molar refractivity (Wildman–Crippen MR) is 91.5 cm³/mol. The van der Waals surface area contributed by atoms with Crippen LogP contribution in [0.1, 0.15) is 19.3 Å². The third kappa shape index (κ3) is 4.45. The Balaban J connectivity index is 1.40. The van der Waals surface area contributed by atoms with Gasteiger partial charge < -0.3 is 14.9 Å². The minimum Gasteiger partial charge on any atom is -0.391 e. The number of piperazine rings is 1. The monoisotopic (exact) mass is 317 g/mol. The van der Waals surface area contributed by atoms with Crippen molar-refractivity contribution in [1.82, 2.24) is 9.80 Å². The SMILES string of the molecule is O=C(CCN1CCN(c2ccccc2)CC1)N1CCCC(O)C1. The predicted octanol–water partition coefficient (Wildman–Crippen LogP) is 1.18. The van der Waals surface area contributed by atoms with Gasteiger partial charge in [0.1, 0.15) is 0 Å². The maximum Gasteiger partial charge on any atom is 0.223 e. The van der Waals surface area contributed by atoms with Gasteiger partial charge in [-0.05, 0) is 25.0 Å². The second-order valence-corrected chi connectivity index (χ2v) is 6.55. The fraction of sp³-hybridized carbons (Fsp3) is 0.611. The van der Waals surface area contributed by atoms with Crippen molar-refractivity contribution in [3.8, 4) is 0 Å². The van der Waals surface area contributed by atoms with Gasteiger partial charge in [0.05, 0.1) is 6.10 Å². The Bertz CT molecular complexity index is 500. The number of hydrogen-bond acceptors (Lipinski definition) is 4. The van der Waals surface area contributed by atoms with E-state index in [1.54, 1.807) is 0 Å². The molecule has 3 rings (SSSR count). The molecular weight excluding hydrogens is 290 g/mol. The molecule has 23 heavy (non-hydrogen) atoms. The summed E-state index contributed by atoms with van der Waals surface area (Å²) in [6.07, 6.45) is 1.98. The number of aliphatic hydroxyl groups is 1. The van der Waals surface area contributed by atoms with E-state index in [4.69, 9.17) is 0 Å². The first-order chi connectivity index (χ1) is 11.2. The van der Waals surface area contributed by atoms with Crippen LogP contribution in [-0.2, 0) is 4.79 Å².